The fourth-order valence-electron chi connectivity index (χ4n) is 3.74. The first kappa shape index (κ1) is 16.9. The number of amides is 1. The molecule has 2 heterocycles. The van der Waals surface area contributed by atoms with Gasteiger partial charge in [0, 0.05) is 24.2 Å². The lowest BCUT2D eigenvalue weighted by molar-refractivity contribution is 0.0851. The Kier molecular flexibility index (Phi) is 4.34. The lowest BCUT2D eigenvalue weighted by Crippen LogP contribution is -2.51. The predicted molar refractivity (Wildman–Crippen MR) is 99.7 cm³/mol. The normalized spacial score (nSPS) is 18.5. The molecule has 2 fully saturated rings. The van der Waals surface area contributed by atoms with Crippen molar-refractivity contribution < 1.29 is 14.1 Å². The molecule has 1 N–H and O–H groups in total. The quantitative estimate of drug-likeness (QED) is 0.887. The minimum atomic E-state index is -0.117. The highest BCUT2D eigenvalue weighted by Gasteiger charge is 2.37. The molecule has 1 aromatic heterocycles. The van der Waals surface area contributed by atoms with Crippen LogP contribution in [0.3, 0.4) is 0 Å². The van der Waals surface area contributed by atoms with Gasteiger partial charge in [-0.15, -0.1) is 0 Å². The Bertz CT molecular complexity index is 787. The zero-order chi connectivity index (χ0) is 18.1. The molecule has 0 atom stereocenters. The van der Waals surface area contributed by atoms with Gasteiger partial charge in [0.05, 0.1) is 7.11 Å². The van der Waals surface area contributed by atoms with Crippen LogP contribution in [0.15, 0.2) is 28.8 Å². The van der Waals surface area contributed by atoms with Crippen molar-refractivity contribution in [2.75, 3.05) is 25.1 Å². The molecule has 138 valence electrons. The Morgan fingerprint density at radius 3 is 2.46 bits per heavy atom. The summed E-state index contributed by atoms with van der Waals surface area (Å²) in [7, 11) is 1.63. The van der Waals surface area contributed by atoms with Crippen LogP contribution in [0, 0.1) is 0 Å². The van der Waals surface area contributed by atoms with Crippen LogP contribution >= 0.6 is 0 Å². The van der Waals surface area contributed by atoms with E-state index >= 15 is 0 Å². The minimum Gasteiger partial charge on any atom is -0.497 e. The van der Waals surface area contributed by atoms with Gasteiger partial charge in [0.15, 0.2) is 11.6 Å². The number of aromatic nitrogens is 1. The van der Waals surface area contributed by atoms with Crippen LogP contribution in [0.5, 0.6) is 5.75 Å². The number of anilines is 1. The predicted octanol–water partition coefficient (Wildman–Crippen LogP) is 3.62. The summed E-state index contributed by atoms with van der Waals surface area (Å²) in [4.78, 5) is 15.3. The Balaban J connectivity index is 1.71. The summed E-state index contributed by atoms with van der Waals surface area (Å²) >= 11 is 0. The molecule has 1 saturated heterocycles. The minimum absolute atomic E-state index is 0.0961. The molecule has 26 heavy (non-hydrogen) atoms. The number of hydrogen-bond acceptors (Lipinski definition) is 5. The van der Waals surface area contributed by atoms with Crippen LogP contribution in [-0.4, -0.2) is 36.8 Å². The second-order valence-corrected chi connectivity index (χ2v) is 7.50. The number of nitrogens with zero attached hydrogens (tertiary/aromatic N) is 2. The van der Waals surface area contributed by atoms with Gasteiger partial charge in [-0.3, -0.25) is 4.79 Å². The maximum absolute atomic E-state index is 13.1. The van der Waals surface area contributed by atoms with Gasteiger partial charge >= 0.3 is 0 Å². The zero-order valence-corrected chi connectivity index (χ0v) is 15.4. The van der Waals surface area contributed by atoms with E-state index in [-0.39, 0.29) is 11.4 Å². The molecule has 6 nitrogen and oxygen atoms in total. The zero-order valence-electron chi connectivity index (χ0n) is 15.4. The Morgan fingerprint density at radius 2 is 1.88 bits per heavy atom. The van der Waals surface area contributed by atoms with Crippen molar-refractivity contribution >= 4 is 11.7 Å². The second kappa shape index (κ2) is 6.67. The molecule has 2 aliphatic rings. The van der Waals surface area contributed by atoms with Crippen LogP contribution in [-0.2, 0) is 0 Å². The Morgan fingerprint density at radius 1 is 1.19 bits per heavy atom. The van der Waals surface area contributed by atoms with Crippen LogP contribution in [0.25, 0.3) is 11.3 Å². The van der Waals surface area contributed by atoms with Crippen molar-refractivity contribution in [3.05, 3.63) is 29.8 Å². The van der Waals surface area contributed by atoms with Crippen LogP contribution in [0.2, 0.25) is 0 Å². The number of rotatable bonds is 5. The molecule has 0 unspecified atom stereocenters. The van der Waals surface area contributed by atoms with E-state index in [0.717, 1.165) is 56.5 Å². The van der Waals surface area contributed by atoms with E-state index in [0.29, 0.717) is 17.1 Å². The molecule has 0 bridgehead atoms. The van der Waals surface area contributed by atoms with Crippen LogP contribution in [0.1, 0.15) is 49.4 Å². The molecule has 0 radical (unpaired) electrons. The van der Waals surface area contributed by atoms with E-state index < -0.39 is 0 Å². The first-order valence-corrected chi connectivity index (χ1v) is 9.31. The smallest absolute Gasteiger partial charge is 0.259 e. The van der Waals surface area contributed by atoms with E-state index in [1.165, 1.54) is 0 Å². The number of carbonyl (C=O) groups excluding carboxylic acids is 1. The molecule has 1 aromatic carbocycles. The maximum atomic E-state index is 13.1. The SMILES string of the molecule is COc1ccc(-c2onc(N3CCCC3)c2C(=O)NC2(C)CCC2)cc1. The van der Waals surface area contributed by atoms with E-state index in [1.54, 1.807) is 7.11 Å². The summed E-state index contributed by atoms with van der Waals surface area (Å²) in [5.41, 5.74) is 1.26. The largest absolute Gasteiger partial charge is 0.497 e. The summed E-state index contributed by atoms with van der Waals surface area (Å²) in [6.45, 7) is 3.92. The van der Waals surface area contributed by atoms with Gasteiger partial charge in [0.1, 0.15) is 11.3 Å². The van der Waals surface area contributed by atoms with Crippen LogP contribution in [0.4, 0.5) is 5.82 Å². The van der Waals surface area contributed by atoms with Gasteiger partial charge in [-0.25, -0.2) is 0 Å². The van der Waals surface area contributed by atoms with Gasteiger partial charge < -0.3 is 19.5 Å². The Hall–Kier alpha value is -2.50. The third-order valence-electron chi connectivity index (χ3n) is 5.53. The molecule has 1 aliphatic heterocycles. The third-order valence-corrected chi connectivity index (χ3v) is 5.53. The van der Waals surface area contributed by atoms with Crippen molar-refractivity contribution in [2.24, 2.45) is 0 Å². The lowest BCUT2D eigenvalue weighted by Gasteiger charge is -2.39. The monoisotopic (exact) mass is 355 g/mol. The first-order valence-electron chi connectivity index (χ1n) is 9.31. The van der Waals surface area contributed by atoms with Crippen molar-refractivity contribution in [2.45, 2.75) is 44.6 Å². The molecule has 1 aliphatic carbocycles. The number of hydrogen-bond donors (Lipinski definition) is 1. The molecular formula is C20H25N3O3. The topological polar surface area (TPSA) is 67.6 Å². The summed E-state index contributed by atoms with van der Waals surface area (Å²) in [6.07, 6.45) is 5.42. The van der Waals surface area contributed by atoms with Crippen molar-refractivity contribution in [3.63, 3.8) is 0 Å². The maximum Gasteiger partial charge on any atom is 0.259 e. The standard InChI is InChI=1S/C20H25N3O3/c1-20(10-5-11-20)21-19(24)16-17(14-6-8-15(25-2)9-7-14)26-22-18(16)23-12-3-4-13-23/h6-9H,3-5,10-13H2,1-2H3,(H,21,24). The molecule has 2 aromatic rings. The lowest BCUT2D eigenvalue weighted by atomic mass is 9.78. The number of ether oxygens (including phenoxy) is 1. The summed E-state index contributed by atoms with van der Waals surface area (Å²) in [6, 6.07) is 7.52. The molecular weight excluding hydrogens is 330 g/mol. The molecule has 0 spiro atoms. The Labute approximate surface area is 153 Å². The molecule has 6 heteroatoms. The van der Waals surface area contributed by atoms with Gasteiger partial charge in [0.25, 0.3) is 5.91 Å². The van der Waals surface area contributed by atoms with E-state index in [1.807, 2.05) is 24.3 Å². The van der Waals surface area contributed by atoms with Crippen LogP contribution < -0.4 is 15.0 Å². The fourth-order valence-corrected chi connectivity index (χ4v) is 3.74. The van der Waals surface area contributed by atoms with Gasteiger partial charge in [-0.05, 0) is 63.3 Å². The number of methoxy groups -OCH3 is 1. The average molecular weight is 355 g/mol. The first-order chi connectivity index (χ1) is 12.6. The molecule has 1 saturated carbocycles. The summed E-state index contributed by atoms with van der Waals surface area (Å²) in [5, 5.41) is 7.47. The highest BCUT2D eigenvalue weighted by molar-refractivity contribution is 6.04. The van der Waals surface area contributed by atoms with Gasteiger partial charge in [0.2, 0.25) is 0 Å². The van der Waals surface area contributed by atoms with Crippen molar-refractivity contribution in [1.82, 2.24) is 10.5 Å². The van der Waals surface area contributed by atoms with E-state index in [9.17, 15) is 4.79 Å². The summed E-state index contributed by atoms with van der Waals surface area (Å²) < 4.78 is 10.9. The van der Waals surface area contributed by atoms with Crippen molar-refractivity contribution in [1.29, 1.82) is 0 Å². The molecule has 1 amide bonds. The van der Waals surface area contributed by atoms with E-state index in [2.05, 4.69) is 22.3 Å². The number of nitrogens with one attached hydrogen (secondary N) is 1. The fraction of sp³-hybridized carbons (Fsp3) is 0.500. The van der Waals surface area contributed by atoms with Crippen molar-refractivity contribution in [3.8, 4) is 17.1 Å². The third kappa shape index (κ3) is 3.04. The number of carbonyl (C=O) groups is 1. The van der Waals surface area contributed by atoms with Gasteiger partial charge in [-0.1, -0.05) is 5.16 Å². The second-order valence-electron chi connectivity index (χ2n) is 7.50. The summed E-state index contributed by atoms with van der Waals surface area (Å²) in [5.74, 6) is 1.85. The highest BCUT2D eigenvalue weighted by atomic mass is 16.5. The van der Waals surface area contributed by atoms with Gasteiger partial charge in [-0.2, -0.15) is 0 Å². The average Bonchev–Trinajstić information content (AvgIpc) is 3.29. The highest BCUT2D eigenvalue weighted by Crippen LogP contribution is 2.36. The molecule has 4 rings (SSSR count). The number of benzene rings is 1. The van der Waals surface area contributed by atoms with E-state index in [4.69, 9.17) is 9.26 Å².